The maximum absolute atomic E-state index is 5.65. The van der Waals surface area contributed by atoms with Gasteiger partial charge in [-0.3, -0.25) is 0 Å². The van der Waals surface area contributed by atoms with Crippen molar-refractivity contribution in [2.45, 2.75) is 20.3 Å². The van der Waals surface area contributed by atoms with Crippen molar-refractivity contribution in [2.24, 2.45) is 17.8 Å². The Morgan fingerprint density at radius 1 is 1.29 bits per heavy atom. The van der Waals surface area contributed by atoms with Gasteiger partial charge in [-0.2, -0.15) is 0 Å². The van der Waals surface area contributed by atoms with Gasteiger partial charge >= 0.3 is 0 Å². The summed E-state index contributed by atoms with van der Waals surface area (Å²) in [7, 11) is 0. The normalized spacial score (nSPS) is 29.1. The highest BCUT2D eigenvalue weighted by molar-refractivity contribution is 5.85. The number of nitrogens with one attached hydrogen (secondary N) is 1. The van der Waals surface area contributed by atoms with Crippen LogP contribution in [0.4, 0.5) is 0 Å². The maximum atomic E-state index is 5.65. The second-order valence-electron chi connectivity index (χ2n) is 5.74. The zero-order valence-electron chi connectivity index (χ0n) is 11.2. The van der Waals surface area contributed by atoms with Gasteiger partial charge in [0.25, 0.3) is 0 Å². The Hall–Kier alpha value is 0.170. The second kappa shape index (κ2) is 7.57. The van der Waals surface area contributed by atoms with Crippen LogP contribution in [0.5, 0.6) is 0 Å². The Kier molecular flexibility index (Phi) is 6.78. The molecule has 0 aromatic carbocycles. The summed E-state index contributed by atoms with van der Waals surface area (Å²) in [5.74, 6) is 2.51. The molecule has 17 heavy (non-hydrogen) atoms. The molecule has 2 fully saturated rings. The van der Waals surface area contributed by atoms with Crippen molar-refractivity contribution in [3.05, 3.63) is 0 Å². The lowest BCUT2D eigenvalue weighted by atomic mass is 9.89. The van der Waals surface area contributed by atoms with E-state index in [-0.39, 0.29) is 12.4 Å². The number of piperidine rings is 1. The topological polar surface area (TPSA) is 24.5 Å². The van der Waals surface area contributed by atoms with E-state index < -0.39 is 0 Å². The fourth-order valence-corrected chi connectivity index (χ4v) is 2.83. The molecule has 0 spiro atoms. The number of likely N-dealkylation sites (tertiary alicyclic amines) is 1. The van der Waals surface area contributed by atoms with Gasteiger partial charge in [0.05, 0.1) is 6.61 Å². The van der Waals surface area contributed by atoms with Crippen LogP contribution in [0.2, 0.25) is 0 Å². The lowest BCUT2D eigenvalue weighted by molar-refractivity contribution is 0.0655. The molecule has 0 aromatic heterocycles. The molecule has 1 N–H and O–H groups in total. The first-order valence-electron chi connectivity index (χ1n) is 6.76. The van der Waals surface area contributed by atoms with Crippen molar-refractivity contribution in [2.75, 3.05) is 45.9 Å². The largest absolute Gasteiger partial charge is 0.380 e. The molecule has 2 rings (SSSR count). The van der Waals surface area contributed by atoms with Gasteiger partial charge in [0, 0.05) is 19.7 Å². The van der Waals surface area contributed by atoms with Crippen LogP contribution in [-0.2, 0) is 4.74 Å². The van der Waals surface area contributed by atoms with Crippen molar-refractivity contribution in [3.8, 4) is 0 Å². The first-order valence-corrected chi connectivity index (χ1v) is 6.76. The van der Waals surface area contributed by atoms with E-state index in [0.717, 1.165) is 31.6 Å². The number of fused-ring (bicyclic) bond motifs is 1. The van der Waals surface area contributed by atoms with Crippen molar-refractivity contribution in [1.82, 2.24) is 10.2 Å². The molecule has 3 nitrogen and oxygen atoms in total. The van der Waals surface area contributed by atoms with Gasteiger partial charge < -0.3 is 15.0 Å². The van der Waals surface area contributed by atoms with Crippen LogP contribution in [0.1, 0.15) is 20.3 Å². The molecule has 2 heterocycles. The first-order chi connectivity index (χ1) is 7.75. The Morgan fingerprint density at radius 3 is 2.82 bits per heavy atom. The number of ether oxygens (including phenoxy) is 1. The van der Waals surface area contributed by atoms with E-state index in [1.54, 1.807) is 0 Å². The van der Waals surface area contributed by atoms with E-state index in [4.69, 9.17) is 4.74 Å². The quantitative estimate of drug-likeness (QED) is 0.762. The molecule has 0 aromatic rings. The average Bonchev–Trinajstić information content (AvgIpc) is 2.71. The van der Waals surface area contributed by atoms with Crippen molar-refractivity contribution < 1.29 is 4.74 Å². The molecule has 2 saturated heterocycles. The number of halogens is 1. The maximum Gasteiger partial charge on any atom is 0.0593 e. The average molecular weight is 263 g/mol. The van der Waals surface area contributed by atoms with E-state index >= 15 is 0 Å². The van der Waals surface area contributed by atoms with Crippen LogP contribution >= 0.6 is 12.4 Å². The zero-order chi connectivity index (χ0) is 11.4. The summed E-state index contributed by atoms with van der Waals surface area (Å²) in [6, 6.07) is 0. The second-order valence-corrected chi connectivity index (χ2v) is 5.74. The zero-order valence-corrected chi connectivity index (χ0v) is 12.0. The predicted molar refractivity (Wildman–Crippen MR) is 73.8 cm³/mol. The summed E-state index contributed by atoms with van der Waals surface area (Å²) in [6.07, 6.45) is 1.38. The third-order valence-corrected chi connectivity index (χ3v) is 3.79. The molecule has 2 aliphatic rings. The molecule has 0 amide bonds. The summed E-state index contributed by atoms with van der Waals surface area (Å²) >= 11 is 0. The third-order valence-electron chi connectivity index (χ3n) is 3.79. The minimum Gasteiger partial charge on any atom is -0.380 e. The number of hydrogen-bond donors (Lipinski definition) is 1. The third kappa shape index (κ3) is 4.74. The van der Waals surface area contributed by atoms with Gasteiger partial charge in [0.15, 0.2) is 0 Å². The van der Waals surface area contributed by atoms with Crippen LogP contribution in [0.3, 0.4) is 0 Å². The van der Waals surface area contributed by atoms with E-state index in [1.165, 1.54) is 32.6 Å². The van der Waals surface area contributed by atoms with Crippen LogP contribution < -0.4 is 5.32 Å². The number of nitrogens with zero attached hydrogens (tertiary/aromatic N) is 1. The molecule has 0 bridgehead atoms. The summed E-state index contributed by atoms with van der Waals surface area (Å²) in [6.45, 7) is 12.4. The molecule has 2 unspecified atom stereocenters. The van der Waals surface area contributed by atoms with Crippen molar-refractivity contribution in [1.29, 1.82) is 0 Å². The molecule has 4 heteroatoms. The Balaban J connectivity index is 0.00000144. The molecule has 102 valence electrons. The number of rotatable bonds is 5. The minimum atomic E-state index is 0. The molecule has 0 saturated carbocycles. The highest BCUT2D eigenvalue weighted by atomic mass is 35.5. The molecular formula is C13H27ClN2O. The van der Waals surface area contributed by atoms with Crippen molar-refractivity contribution in [3.63, 3.8) is 0 Å². The van der Waals surface area contributed by atoms with Gasteiger partial charge in [0.2, 0.25) is 0 Å². The number of hydrogen-bond acceptors (Lipinski definition) is 3. The monoisotopic (exact) mass is 262 g/mol. The Bertz CT molecular complexity index is 214. The van der Waals surface area contributed by atoms with Crippen molar-refractivity contribution >= 4 is 12.4 Å². The Morgan fingerprint density at radius 2 is 2.06 bits per heavy atom. The molecule has 0 aliphatic carbocycles. The summed E-state index contributed by atoms with van der Waals surface area (Å²) in [5.41, 5.74) is 0. The van der Waals surface area contributed by atoms with E-state index in [2.05, 4.69) is 24.1 Å². The molecule has 2 aliphatic heterocycles. The summed E-state index contributed by atoms with van der Waals surface area (Å²) in [5, 5.41) is 3.51. The highest BCUT2D eigenvalue weighted by Crippen LogP contribution is 2.26. The van der Waals surface area contributed by atoms with E-state index in [1.807, 2.05) is 0 Å². The van der Waals surface area contributed by atoms with Gasteiger partial charge in [0.1, 0.15) is 0 Å². The van der Waals surface area contributed by atoms with Crippen LogP contribution in [0.25, 0.3) is 0 Å². The fraction of sp³-hybridized carbons (Fsp3) is 1.00. The fourth-order valence-electron chi connectivity index (χ4n) is 2.83. The van der Waals surface area contributed by atoms with Gasteiger partial charge in [-0.1, -0.05) is 13.8 Å². The predicted octanol–water partition coefficient (Wildman–Crippen LogP) is 1.62. The van der Waals surface area contributed by atoms with Gasteiger partial charge in [-0.25, -0.2) is 0 Å². The van der Waals surface area contributed by atoms with E-state index in [9.17, 15) is 0 Å². The lowest BCUT2D eigenvalue weighted by Crippen LogP contribution is -2.41. The minimum absolute atomic E-state index is 0. The molecule has 0 radical (unpaired) electrons. The molecular weight excluding hydrogens is 236 g/mol. The van der Waals surface area contributed by atoms with Crippen LogP contribution in [-0.4, -0.2) is 50.8 Å². The summed E-state index contributed by atoms with van der Waals surface area (Å²) < 4.78 is 5.65. The van der Waals surface area contributed by atoms with Gasteiger partial charge in [-0.15, -0.1) is 12.4 Å². The smallest absolute Gasteiger partial charge is 0.0593 e. The molecule has 2 atom stereocenters. The van der Waals surface area contributed by atoms with Crippen LogP contribution in [0, 0.1) is 17.8 Å². The lowest BCUT2D eigenvalue weighted by Gasteiger charge is -2.34. The Labute approximate surface area is 112 Å². The van der Waals surface area contributed by atoms with Gasteiger partial charge in [-0.05, 0) is 43.8 Å². The SMILES string of the molecule is CC(C)COCCN1CCC2CNCC2C1.Cl. The van der Waals surface area contributed by atoms with Crippen LogP contribution in [0.15, 0.2) is 0 Å². The highest BCUT2D eigenvalue weighted by Gasteiger charge is 2.32. The first kappa shape index (κ1) is 15.2. The summed E-state index contributed by atoms with van der Waals surface area (Å²) in [4.78, 5) is 2.58. The van der Waals surface area contributed by atoms with E-state index in [0.29, 0.717) is 5.92 Å². The standard InChI is InChI=1S/C13H26N2O.ClH/c1-11(2)10-16-6-5-15-4-3-12-7-14-8-13(12)9-15;/h11-14H,3-10H2,1-2H3;1H.